The molecule has 1 N–H and O–H groups in total. The van der Waals surface area contributed by atoms with Crippen LogP contribution in [0.1, 0.15) is 49.0 Å². The highest BCUT2D eigenvalue weighted by molar-refractivity contribution is 9.10. The summed E-state index contributed by atoms with van der Waals surface area (Å²) in [4.78, 5) is 11.6. The first kappa shape index (κ1) is 12.2. The summed E-state index contributed by atoms with van der Waals surface area (Å²) >= 11 is 3.35. The van der Waals surface area contributed by atoms with Gasteiger partial charge in [0.2, 0.25) is 0 Å². The highest BCUT2D eigenvalue weighted by atomic mass is 79.9. The van der Waals surface area contributed by atoms with E-state index in [0.29, 0.717) is 12.0 Å². The van der Waals surface area contributed by atoms with Crippen LogP contribution in [0.2, 0.25) is 0 Å². The summed E-state index contributed by atoms with van der Waals surface area (Å²) in [5.41, 5.74) is 1.22. The van der Waals surface area contributed by atoms with Gasteiger partial charge in [0.15, 0.2) is 5.78 Å². The first-order valence-corrected chi connectivity index (χ1v) is 5.82. The van der Waals surface area contributed by atoms with Crippen molar-refractivity contribution in [2.24, 2.45) is 0 Å². The Hall–Kier alpha value is -0.830. The molecule has 0 saturated carbocycles. The average molecular weight is 271 g/mol. The van der Waals surface area contributed by atoms with Gasteiger partial charge in [-0.25, -0.2) is 0 Å². The van der Waals surface area contributed by atoms with E-state index in [9.17, 15) is 9.90 Å². The molecule has 82 valence electrons. The maximum atomic E-state index is 11.6. The van der Waals surface area contributed by atoms with E-state index in [1.54, 1.807) is 13.0 Å². The van der Waals surface area contributed by atoms with E-state index < -0.39 is 0 Å². The van der Waals surface area contributed by atoms with Crippen molar-refractivity contribution in [3.05, 3.63) is 27.7 Å². The van der Waals surface area contributed by atoms with Crippen LogP contribution >= 0.6 is 15.9 Å². The van der Waals surface area contributed by atoms with E-state index in [4.69, 9.17) is 0 Å². The molecule has 0 fully saturated rings. The van der Waals surface area contributed by atoms with Gasteiger partial charge >= 0.3 is 0 Å². The molecule has 0 heterocycles. The van der Waals surface area contributed by atoms with Crippen molar-refractivity contribution in [2.45, 2.75) is 33.1 Å². The summed E-state index contributed by atoms with van der Waals surface area (Å²) in [5.74, 6) is 0.293. The summed E-state index contributed by atoms with van der Waals surface area (Å²) < 4.78 is 0.834. The van der Waals surface area contributed by atoms with Gasteiger partial charge in [-0.2, -0.15) is 0 Å². The third-order valence-electron chi connectivity index (χ3n) is 2.35. The molecule has 0 saturated heterocycles. The first-order chi connectivity index (χ1) is 6.97. The largest absolute Gasteiger partial charge is 0.507 e. The molecule has 0 bridgehead atoms. The van der Waals surface area contributed by atoms with E-state index in [1.165, 1.54) is 0 Å². The molecule has 15 heavy (non-hydrogen) atoms. The van der Waals surface area contributed by atoms with E-state index in [0.717, 1.165) is 10.0 Å². The highest BCUT2D eigenvalue weighted by Gasteiger charge is 2.16. The van der Waals surface area contributed by atoms with Crippen molar-refractivity contribution in [2.75, 3.05) is 0 Å². The van der Waals surface area contributed by atoms with Crippen molar-refractivity contribution < 1.29 is 9.90 Å². The lowest BCUT2D eigenvalue weighted by atomic mass is 9.97. The minimum atomic E-state index is -0.0318. The Morgan fingerprint density at radius 2 is 2.07 bits per heavy atom. The van der Waals surface area contributed by atoms with Crippen LogP contribution in [0.5, 0.6) is 5.75 Å². The van der Waals surface area contributed by atoms with Gasteiger partial charge in [-0.05, 0) is 23.6 Å². The van der Waals surface area contributed by atoms with Crippen LogP contribution in [0.15, 0.2) is 16.6 Å². The Kier molecular flexibility index (Phi) is 3.91. The number of halogens is 1. The van der Waals surface area contributed by atoms with Gasteiger partial charge < -0.3 is 5.11 Å². The quantitative estimate of drug-likeness (QED) is 0.847. The number of benzene rings is 1. The van der Waals surface area contributed by atoms with Crippen molar-refractivity contribution in [1.29, 1.82) is 0 Å². The molecule has 0 aliphatic rings. The van der Waals surface area contributed by atoms with Crippen molar-refractivity contribution in [3.8, 4) is 5.75 Å². The van der Waals surface area contributed by atoms with Gasteiger partial charge in [-0.3, -0.25) is 4.79 Å². The smallest absolute Gasteiger partial charge is 0.166 e. The lowest BCUT2D eigenvalue weighted by Crippen LogP contribution is -2.00. The molecule has 0 unspecified atom stereocenters. The van der Waals surface area contributed by atoms with Crippen molar-refractivity contribution in [1.82, 2.24) is 0 Å². The van der Waals surface area contributed by atoms with Gasteiger partial charge in [0.25, 0.3) is 0 Å². The number of rotatable bonds is 3. The number of Topliss-reactive ketones (excluding diaryl/α,β-unsaturated/α-hetero) is 1. The Bertz CT molecular complexity index is 383. The Labute approximate surface area is 98.4 Å². The Morgan fingerprint density at radius 1 is 1.47 bits per heavy atom. The lowest BCUT2D eigenvalue weighted by Gasteiger charge is -2.12. The molecule has 2 nitrogen and oxygen atoms in total. The number of aromatic hydroxyl groups is 1. The predicted octanol–water partition coefficient (Wildman–Crippen LogP) is 3.87. The number of hydrogen-bond donors (Lipinski definition) is 1. The van der Waals surface area contributed by atoms with Gasteiger partial charge in [0.05, 0.1) is 5.56 Å². The zero-order valence-electron chi connectivity index (χ0n) is 9.17. The number of hydrogen-bond acceptors (Lipinski definition) is 2. The molecular formula is C12H15BrO2. The molecule has 0 aliphatic carbocycles. The number of carbonyl (C=O) groups excluding carboxylic acids is 1. The maximum absolute atomic E-state index is 11.6. The summed E-state index contributed by atoms with van der Waals surface area (Å²) in [6.45, 7) is 5.76. The fraction of sp³-hybridized carbons (Fsp3) is 0.417. The number of carbonyl (C=O) groups is 1. The zero-order chi connectivity index (χ0) is 11.6. The monoisotopic (exact) mass is 270 g/mol. The highest BCUT2D eigenvalue weighted by Crippen LogP contribution is 2.33. The van der Waals surface area contributed by atoms with E-state index in [1.807, 2.05) is 19.9 Å². The van der Waals surface area contributed by atoms with Crippen molar-refractivity contribution in [3.63, 3.8) is 0 Å². The standard InChI is InChI=1S/C12H15BrO2/c1-4-11(14)10-6-8(13)5-9(7(2)3)12(10)15/h5-7,15H,4H2,1-3H3. The molecule has 0 radical (unpaired) electrons. The van der Waals surface area contributed by atoms with E-state index in [2.05, 4.69) is 15.9 Å². The molecule has 1 aromatic carbocycles. The molecule has 0 amide bonds. The van der Waals surface area contributed by atoms with Gasteiger partial charge in [0.1, 0.15) is 5.75 Å². The number of ketones is 1. The first-order valence-electron chi connectivity index (χ1n) is 5.03. The maximum Gasteiger partial charge on any atom is 0.166 e. The third-order valence-corrected chi connectivity index (χ3v) is 2.81. The van der Waals surface area contributed by atoms with E-state index in [-0.39, 0.29) is 17.5 Å². The summed E-state index contributed by atoms with van der Waals surface area (Å²) in [6, 6.07) is 3.53. The number of phenolic OH excluding ortho intramolecular Hbond substituents is 1. The fourth-order valence-corrected chi connectivity index (χ4v) is 1.94. The topological polar surface area (TPSA) is 37.3 Å². The molecular weight excluding hydrogens is 256 g/mol. The van der Waals surface area contributed by atoms with E-state index >= 15 is 0 Å². The Balaban J connectivity index is 3.34. The van der Waals surface area contributed by atoms with Gasteiger partial charge in [0, 0.05) is 10.9 Å². The van der Waals surface area contributed by atoms with Crippen molar-refractivity contribution >= 4 is 21.7 Å². The number of phenols is 1. The second-order valence-electron chi connectivity index (χ2n) is 3.82. The molecule has 0 atom stereocenters. The third kappa shape index (κ3) is 2.59. The SMILES string of the molecule is CCC(=O)c1cc(Br)cc(C(C)C)c1O. The average Bonchev–Trinajstić information content (AvgIpc) is 2.19. The molecule has 1 aromatic rings. The van der Waals surface area contributed by atoms with Crippen LogP contribution in [-0.4, -0.2) is 10.9 Å². The summed E-state index contributed by atoms with van der Waals surface area (Å²) in [7, 11) is 0. The fourth-order valence-electron chi connectivity index (χ4n) is 1.46. The van der Waals surface area contributed by atoms with Crippen LogP contribution in [0.4, 0.5) is 0 Å². The molecule has 0 aliphatic heterocycles. The molecule has 3 heteroatoms. The summed E-state index contributed by atoms with van der Waals surface area (Å²) in [5, 5.41) is 9.94. The zero-order valence-corrected chi connectivity index (χ0v) is 10.8. The van der Waals surface area contributed by atoms with Gasteiger partial charge in [-0.15, -0.1) is 0 Å². The predicted molar refractivity (Wildman–Crippen MR) is 64.5 cm³/mol. The van der Waals surface area contributed by atoms with Crippen LogP contribution in [0.3, 0.4) is 0 Å². The minimum absolute atomic E-state index is 0.0318. The van der Waals surface area contributed by atoms with Crippen LogP contribution in [0, 0.1) is 0 Å². The van der Waals surface area contributed by atoms with Crippen LogP contribution in [-0.2, 0) is 0 Å². The Morgan fingerprint density at radius 3 is 2.53 bits per heavy atom. The normalized spacial score (nSPS) is 10.7. The lowest BCUT2D eigenvalue weighted by molar-refractivity contribution is 0.0985. The van der Waals surface area contributed by atoms with Gasteiger partial charge in [-0.1, -0.05) is 36.7 Å². The van der Waals surface area contributed by atoms with Crippen LogP contribution in [0.25, 0.3) is 0 Å². The molecule has 1 rings (SSSR count). The minimum Gasteiger partial charge on any atom is -0.507 e. The van der Waals surface area contributed by atoms with Crippen LogP contribution < -0.4 is 0 Å². The second-order valence-corrected chi connectivity index (χ2v) is 4.74. The molecule has 0 spiro atoms. The second kappa shape index (κ2) is 4.79. The molecule has 0 aromatic heterocycles. The summed E-state index contributed by atoms with van der Waals surface area (Å²) in [6.07, 6.45) is 0.404.